The Balaban J connectivity index is 2.86. The quantitative estimate of drug-likeness (QED) is 0.645. The van der Waals surface area contributed by atoms with Crippen LogP contribution in [0, 0.1) is 5.92 Å². The predicted molar refractivity (Wildman–Crippen MR) is 102 cm³/mol. The third-order valence-corrected chi connectivity index (χ3v) is 4.06. The first-order chi connectivity index (χ1) is 12.5. The summed E-state index contributed by atoms with van der Waals surface area (Å²) < 4.78 is 5.21. The van der Waals surface area contributed by atoms with Crippen LogP contribution in [-0.4, -0.2) is 40.8 Å². The van der Waals surface area contributed by atoms with E-state index in [-0.39, 0.29) is 12.3 Å². The molecule has 0 fully saturated rings. The molecule has 3 atom stereocenters. The molecular weight excluding hydrogens is 348 g/mol. The smallest absolute Gasteiger partial charge is 0.408 e. The Morgan fingerprint density at radius 2 is 1.70 bits per heavy atom. The van der Waals surface area contributed by atoms with Crippen LogP contribution in [0.5, 0.6) is 0 Å². The number of ether oxygens (including phenoxy) is 1. The fraction of sp³-hybridized carbons (Fsp3) is 0.550. The van der Waals surface area contributed by atoms with Crippen molar-refractivity contribution in [3.05, 3.63) is 35.9 Å². The van der Waals surface area contributed by atoms with Crippen LogP contribution >= 0.6 is 0 Å². The van der Waals surface area contributed by atoms with Crippen molar-refractivity contribution in [3.8, 4) is 0 Å². The number of carbonyl (C=O) groups excluding carboxylic acids is 2. The molecular formula is C20H30N2O5. The number of alkyl carbamates (subject to hydrolysis) is 1. The van der Waals surface area contributed by atoms with Gasteiger partial charge in [0, 0.05) is 6.42 Å². The van der Waals surface area contributed by atoms with Crippen molar-refractivity contribution in [3.63, 3.8) is 0 Å². The first kappa shape index (κ1) is 22.5. The van der Waals surface area contributed by atoms with Crippen LogP contribution in [0.4, 0.5) is 4.79 Å². The minimum Gasteiger partial charge on any atom is -0.480 e. The van der Waals surface area contributed by atoms with E-state index < -0.39 is 35.7 Å². The summed E-state index contributed by atoms with van der Waals surface area (Å²) in [5.74, 6) is -1.87. The molecule has 3 N–H and O–H groups in total. The lowest BCUT2D eigenvalue weighted by atomic mass is 9.97. The van der Waals surface area contributed by atoms with E-state index in [1.54, 1.807) is 32.9 Å². The maximum atomic E-state index is 12.7. The van der Waals surface area contributed by atoms with Gasteiger partial charge in [-0.1, -0.05) is 50.6 Å². The molecule has 150 valence electrons. The van der Waals surface area contributed by atoms with Crippen LogP contribution < -0.4 is 10.6 Å². The molecule has 0 heterocycles. The SMILES string of the molecule is CCC(C)C(NC(=O)OC(C)(C)C)C(=O)NC(Cc1ccccc1)C(=O)O. The maximum absolute atomic E-state index is 12.7. The van der Waals surface area contributed by atoms with Crippen LogP contribution in [0.3, 0.4) is 0 Å². The minimum absolute atomic E-state index is 0.154. The fourth-order valence-electron chi connectivity index (χ4n) is 2.45. The fourth-order valence-corrected chi connectivity index (χ4v) is 2.45. The second-order valence-electron chi connectivity index (χ2n) is 7.60. The summed E-state index contributed by atoms with van der Waals surface area (Å²) in [5, 5.41) is 14.6. The van der Waals surface area contributed by atoms with Crippen LogP contribution in [0.25, 0.3) is 0 Å². The van der Waals surface area contributed by atoms with Gasteiger partial charge in [-0.05, 0) is 32.3 Å². The number of carbonyl (C=O) groups is 3. The second kappa shape index (κ2) is 9.94. The number of hydrogen-bond donors (Lipinski definition) is 3. The molecule has 0 bridgehead atoms. The summed E-state index contributed by atoms with van der Waals surface area (Å²) in [6, 6.07) is 7.07. The van der Waals surface area contributed by atoms with Gasteiger partial charge >= 0.3 is 12.1 Å². The number of carboxylic acids is 1. The van der Waals surface area contributed by atoms with Gasteiger partial charge in [-0.15, -0.1) is 0 Å². The lowest BCUT2D eigenvalue weighted by Gasteiger charge is -2.27. The van der Waals surface area contributed by atoms with Crippen molar-refractivity contribution < 1.29 is 24.2 Å². The van der Waals surface area contributed by atoms with Gasteiger partial charge in [0.05, 0.1) is 0 Å². The van der Waals surface area contributed by atoms with Crippen LogP contribution in [0.15, 0.2) is 30.3 Å². The van der Waals surface area contributed by atoms with Crippen molar-refractivity contribution in [1.82, 2.24) is 10.6 Å². The highest BCUT2D eigenvalue weighted by Gasteiger charge is 2.31. The van der Waals surface area contributed by atoms with E-state index in [9.17, 15) is 19.5 Å². The van der Waals surface area contributed by atoms with Gasteiger partial charge in [-0.25, -0.2) is 9.59 Å². The van der Waals surface area contributed by atoms with Gasteiger partial charge in [0.1, 0.15) is 17.7 Å². The normalized spacial score (nSPS) is 14.6. The average Bonchev–Trinajstić information content (AvgIpc) is 2.57. The molecule has 0 saturated heterocycles. The van der Waals surface area contributed by atoms with E-state index in [2.05, 4.69) is 10.6 Å². The van der Waals surface area contributed by atoms with Crippen molar-refractivity contribution in [2.75, 3.05) is 0 Å². The molecule has 0 aromatic heterocycles. The van der Waals surface area contributed by atoms with Gasteiger partial charge in [-0.2, -0.15) is 0 Å². The van der Waals surface area contributed by atoms with Crippen molar-refractivity contribution in [2.24, 2.45) is 5.92 Å². The summed E-state index contributed by atoms with van der Waals surface area (Å²) >= 11 is 0. The minimum atomic E-state index is -1.13. The monoisotopic (exact) mass is 378 g/mol. The van der Waals surface area contributed by atoms with E-state index in [1.807, 2.05) is 32.0 Å². The molecule has 0 spiro atoms. The Kier molecular flexibility index (Phi) is 8.28. The number of rotatable bonds is 8. The largest absolute Gasteiger partial charge is 0.480 e. The number of benzene rings is 1. The van der Waals surface area contributed by atoms with Crippen LogP contribution in [-0.2, 0) is 20.7 Å². The van der Waals surface area contributed by atoms with Crippen molar-refractivity contribution >= 4 is 18.0 Å². The molecule has 7 heteroatoms. The van der Waals surface area contributed by atoms with E-state index >= 15 is 0 Å². The molecule has 2 amide bonds. The first-order valence-corrected chi connectivity index (χ1v) is 9.10. The second-order valence-corrected chi connectivity index (χ2v) is 7.60. The molecule has 0 radical (unpaired) electrons. The van der Waals surface area contributed by atoms with E-state index in [4.69, 9.17) is 4.74 Å². The molecule has 1 aromatic rings. The third-order valence-electron chi connectivity index (χ3n) is 4.06. The van der Waals surface area contributed by atoms with Crippen molar-refractivity contribution in [1.29, 1.82) is 0 Å². The lowest BCUT2D eigenvalue weighted by Crippen LogP contribution is -2.55. The number of nitrogens with one attached hydrogen (secondary N) is 2. The van der Waals surface area contributed by atoms with Gasteiger partial charge in [-0.3, -0.25) is 4.79 Å². The Labute approximate surface area is 160 Å². The number of hydrogen-bond acceptors (Lipinski definition) is 4. The van der Waals surface area contributed by atoms with Gasteiger partial charge in [0.25, 0.3) is 0 Å². The Morgan fingerprint density at radius 1 is 1.11 bits per heavy atom. The molecule has 27 heavy (non-hydrogen) atoms. The highest BCUT2D eigenvalue weighted by Crippen LogP contribution is 2.12. The number of carboxylic acid groups (broad SMARTS) is 1. The molecule has 0 saturated carbocycles. The summed E-state index contributed by atoms with van der Waals surface area (Å²) in [6.07, 6.45) is 0.0733. The molecule has 7 nitrogen and oxygen atoms in total. The standard InChI is InChI=1S/C20H30N2O5/c1-6-13(2)16(22-19(26)27-20(3,4)5)17(23)21-15(18(24)25)12-14-10-8-7-9-11-14/h7-11,13,15-16H,6,12H2,1-5H3,(H,21,23)(H,22,26)(H,24,25). The Morgan fingerprint density at radius 3 is 2.19 bits per heavy atom. The van der Waals surface area contributed by atoms with Crippen LogP contribution in [0.2, 0.25) is 0 Å². The summed E-state index contributed by atoms with van der Waals surface area (Å²) in [4.78, 5) is 36.4. The predicted octanol–water partition coefficient (Wildman–Crippen LogP) is 2.74. The molecule has 1 aromatic carbocycles. The maximum Gasteiger partial charge on any atom is 0.408 e. The topological polar surface area (TPSA) is 105 Å². The third kappa shape index (κ3) is 8.11. The Bertz CT molecular complexity index is 640. The molecule has 1 rings (SSSR count). The lowest BCUT2D eigenvalue weighted by molar-refractivity contribution is -0.142. The zero-order valence-electron chi connectivity index (χ0n) is 16.6. The van der Waals surface area contributed by atoms with Gasteiger partial charge in [0.15, 0.2) is 0 Å². The van der Waals surface area contributed by atoms with Crippen LogP contribution in [0.1, 0.15) is 46.6 Å². The zero-order chi connectivity index (χ0) is 20.6. The molecule has 3 unspecified atom stereocenters. The van der Waals surface area contributed by atoms with E-state index in [0.29, 0.717) is 6.42 Å². The average molecular weight is 378 g/mol. The highest BCUT2D eigenvalue weighted by molar-refractivity contribution is 5.89. The Hall–Kier alpha value is -2.57. The summed E-state index contributed by atoms with van der Waals surface area (Å²) in [6.45, 7) is 8.89. The molecule has 0 aliphatic rings. The summed E-state index contributed by atoms with van der Waals surface area (Å²) in [7, 11) is 0. The first-order valence-electron chi connectivity index (χ1n) is 9.10. The number of aliphatic carboxylic acids is 1. The molecule has 0 aliphatic carbocycles. The van der Waals surface area contributed by atoms with E-state index in [1.165, 1.54) is 0 Å². The summed E-state index contributed by atoms with van der Waals surface area (Å²) in [5.41, 5.74) is 0.0997. The van der Waals surface area contributed by atoms with Gasteiger partial charge < -0.3 is 20.5 Å². The van der Waals surface area contributed by atoms with Crippen molar-refractivity contribution in [2.45, 2.75) is 65.1 Å². The molecule has 0 aliphatic heterocycles. The zero-order valence-corrected chi connectivity index (χ0v) is 16.6. The van der Waals surface area contributed by atoms with E-state index in [0.717, 1.165) is 5.56 Å². The van der Waals surface area contributed by atoms with Gasteiger partial charge in [0.2, 0.25) is 5.91 Å². The highest BCUT2D eigenvalue weighted by atomic mass is 16.6. The number of amides is 2.